The smallest absolute Gasteiger partial charge is 0.0587 e. The third-order valence-electron chi connectivity index (χ3n) is 7.33. The van der Waals surface area contributed by atoms with Gasteiger partial charge in [0.15, 0.2) is 0 Å². The van der Waals surface area contributed by atoms with Gasteiger partial charge in [0.1, 0.15) is 0 Å². The Kier molecular flexibility index (Phi) is 4.45. The molecule has 0 fully saturated rings. The fraction of sp³-hybridized carbons (Fsp3) is 0.226. The van der Waals surface area contributed by atoms with E-state index in [0.29, 0.717) is 0 Å². The van der Waals surface area contributed by atoms with Crippen LogP contribution in [0.3, 0.4) is 0 Å². The van der Waals surface area contributed by atoms with Gasteiger partial charge >= 0.3 is 0 Å². The van der Waals surface area contributed by atoms with Crippen LogP contribution in [0, 0.1) is 41.5 Å². The van der Waals surface area contributed by atoms with Crippen molar-refractivity contribution in [1.29, 1.82) is 0 Å². The summed E-state index contributed by atoms with van der Waals surface area (Å²) in [5.74, 6) is 0. The van der Waals surface area contributed by atoms with Crippen molar-refractivity contribution >= 4 is 0 Å². The van der Waals surface area contributed by atoms with Gasteiger partial charge in [-0.15, -0.1) is 0 Å². The minimum absolute atomic E-state index is 0.306. The van der Waals surface area contributed by atoms with Crippen LogP contribution in [0.15, 0.2) is 72.8 Å². The maximum atomic E-state index is 2.41. The lowest BCUT2D eigenvalue weighted by atomic mass is 9.66. The van der Waals surface area contributed by atoms with Crippen LogP contribution in [0.1, 0.15) is 55.6 Å². The molecule has 1 aliphatic rings. The summed E-state index contributed by atoms with van der Waals surface area (Å²) in [6.45, 7) is 13.3. The fourth-order valence-corrected chi connectivity index (χ4v) is 5.29. The molecule has 0 unspecified atom stereocenters. The van der Waals surface area contributed by atoms with Gasteiger partial charge in [0.25, 0.3) is 0 Å². The van der Waals surface area contributed by atoms with Gasteiger partial charge in [-0.25, -0.2) is 0 Å². The van der Waals surface area contributed by atoms with E-state index in [0.717, 1.165) is 0 Å². The maximum absolute atomic E-state index is 2.41. The zero-order chi connectivity index (χ0) is 21.9. The number of fused-ring (bicyclic) bond motifs is 3. The van der Waals surface area contributed by atoms with E-state index >= 15 is 0 Å². The highest BCUT2D eigenvalue weighted by atomic mass is 14.5. The number of rotatable bonds is 2. The van der Waals surface area contributed by atoms with Gasteiger partial charge in [-0.1, -0.05) is 83.9 Å². The Labute approximate surface area is 186 Å². The molecule has 0 heteroatoms. The Hall–Kier alpha value is -3.12. The van der Waals surface area contributed by atoms with Crippen LogP contribution in [0.5, 0.6) is 0 Å². The van der Waals surface area contributed by atoms with Crippen molar-refractivity contribution in [3.05, 3.63) is 128 Å². The first kappa shape index (κ1) is 19.8. The first-order valence-electron chi connectivity index (χ1n) is 11.2. The molecule has 0 aromatic heterocycles. The van der Waals surface area contributed by atoms with Crippen molar-refractivity contribution in [1.82, 2.24) is 0 Å². The summed E-state index contributed by atoms with van der Waals surface area (Å²) in [5, 5.41) is 0. The fourth-order valence-electron chi connectivity index (χ4n) is 5.29. The van der Waals surface area contributed by atoms with E-state index in [1.54, 1.807) is 0 Å². The largest absolute Gasteiger partial charge is 0.0713 e. The predicted octanol–water partition coefficient (Wildman–Crippen LogP) is 7.90. The molecule has 4 aromatic carbocycles. The normalized spacial score (nSPS) is 13.7. The Morgan fingerprint density at radius 2 is 0.839 bits per heavy atom. The molecular weight excluding hydrogens is 372 g/mol. The molecule has 31 heavy (non-hydrogen) atoms. The third-order valence-corrected chi connectivity index (χ3v) is 7.33. The molecule has 0 atom stereocenters. The molecular formula is C31H30. The molecule has 0 bridgehead atoms. The highest BCUT2D eigenvalue weighted by molar-refractivity contribution is 5.87. The number of aryl methyl sites for hydroxylation is 6. The zero-order valence-corrected chi connectivity index (χ0v) is 19.4. The van der Waals surface area contributed by atoms with E-state index in [2.05, 4.69) is 114 Å². The van der Waals surface area contributed by atoms with Crippen molar-refractivity contribution in [3.8, 4) is 11.1 Å². The van der Waals surface area contributed by atoms with Gasteiger partial charge in [-0.05, 0) is 97.2 Å². The lowest BCUT2D eigenvalue weighted by molar-refractivity contribution is 0.763. The molecule has 154 valence electrons. The van der Waals surface area contributed by atoms with Gasteiger partial charge in [0, 0.05) is 0 Å². The molecule has 0 heterocycles. The quantitative estimate of drug-likeness (QED) is 0.281. The molecule has 1 aliphatic carbocycles. The molecule has 0 N–H and O–H groups in total. The van der Waals surface area contributed by atoms with Crippen molar-refractivity contribution in [2.45, 2.75) is 47.0 Å². The van der Waals surface area contributed by atoms with E-state index in [9.17, 15) is 0 Å². The number of benzene rings is 4. The van der Waals surface area contributed by atoms with E-state index in [1.165, 1.54) is 66.8 Å². The standard InChI is InChI=1S/C31H30/c1-19-7-13-27-28-14-8-20(2)16-30(28)31(29(27)15-19,25-11-9-21(3)23(5)17-25)26-12-10-22(4)24(6)18-26/h7-18H,1-6H3. The highest BCUT2D eigenvalue weighted by Gasteiger charge is 2.46. The average Bonchev–Trinajstić information content (AvgIpc) is 3.01. The summed E-state index contributed by atoms with van der Waals surface area (Å²) in [5.41, 5.74) is 15.9. The molecule has 0 spiro atoms. The van der Waals surface area contributed by atoms with Crippen LogP contribution in [-0.4, -0.2) is 0 Å². The van der Waals surface area contributed by atoms with E-state index in [4.69, 9.17) is 0 Å². The van der Waals surface area contributed by atoms with Crippen LogP contribution < -0.4 is 0 Å². The van der Waals surface area contributed by atoms with Gasteiger partial charge in [-0.2, -0.15) is 0 Å². The van der Waals surface area contributed by atoms with Crippen LogP contribution in [0.4, 0.5) is 0 Å². The summed E-state index contributed by atoms with van der Waals surface area (Å²) in [4.78, 5) is 0. The number of hydrogen-bond acceptors (Lipinski definition) is 0. The monoisotopic (exact) mass is 402 g/mol. The highest BCUT2D eigenvalue weighted by Crippen LogP contribution is 2.56. The summed E-state index contributed by atoms with van der Waals surface area (Å²) in [7, 11) is 0. The Bertz CT molecular complexity index is 1230. The Morgan fingerprint density at radius 1 is 0.419 bits per heavy atom. The summed E-state index contributed by atoms with van der Waals surface area (Å²) in [6, 6.07) is 28.1. The Balaban J connectivity index is 2.00. The zero-order valence-electron chi connectivity index (χ0n) is 19.4. The molecule has 0 nitrogen and oxygen atoms in total. The molecule has 0 saturated heterocycles. The SMILES string of the molecule is Cc1ccc2c(c1)C(c1ccc(C)c(C)c1)(c1ccc(C)c(C)c1)c1cc(C)ccc1-2. The summed E-state index contributed by atoms with van der Waals surface area (Å²) in [6.07, 6.45) is 0. The summed E-state index contributed by atoms with van der Waals surface area (Å²) < 4.78 is 0. The molecule has 0 aliphatic heterocycles. The van der Waals surface area contributed by atoms with Crippen LogP contribution >= 0.6 is 0 Å². The van der Waals surface area contributed by atoms with Crippen molar-refractivity contribution < 1.29 is 0 Å². The predicted molar refractivity (Wildman–Crippen MR) is 132 cm³/mol. The lowest BCUT2D eigenvalue weighted by Crippen LogP contribution is -2.29. The average molecular weight is 403 g/mol. The van der Waals surface area contributed by atoms with Crippen LogP contribution in [-0.2, 0) is 5.41 Å². The molecule has 5 rings (SSSR count). The maximum Gasteiger partial charge on any atom is 0.0713 e. The first-order chi connectivity index (χ1) is 14.8. The second-order valence-electron chi connectivity index (χ2n) is 9.45. The summed E-state index contributed by atoms with van der Waals surface area (Å²) >= 11 is 0. The molecule has 4 aromatic rings. The minimum atomic E-state index is -0.306. The molecule has 0 amide bonds. The second kappa shape index (κ2) is 6.95. The van der Waals surface area contributed by atoms with Crippen LogP contribution in [0.25, 0.3) is 11.1 Å². The van der Waals surface area contributed by atoms with E-state index < -0.39 is 0 Å². The van der Waals surface area contributed by atoms with Gasteiger partial charge in [0.05, 0.1) is 5.41 Å². The van der Waals surface area contributed by atoms with Gasteiger partial charge in [0.2, 0.25) is 0 Å². The van der Waals surface area contributed by atoms with Gasteiger partial charge < -0.3 is 0 Å². The molecule has 0 saturated carbocycles. The van der Waals surface area contributed by atoms with Crippen LogP contribution in [0.2, 0.25) is 0 Å². The minimum Gasteiger partial charge on any atom is -0.0587 e. The lowest BCUT2D eigenvalue weighted by Gasteiger charge is -2.35. The number of hydrogen-bond donors (Lipinski definition) is 0. The van der Waals surface area contributed by atoms with Gasteiger partial charge in [-0.3, -0.25) is 0 Å². The van der Waals surface area contributed by atoms with Crippen molar-refractivity contribution in [2.75, 3.05) is 0 Å². The van der Waals surface area contributed by atoms with E-state index in [1.807, 2.05) is 0 Å². The van der Waals surface area contributed by atoms with Crippen molar-refractivity contribution in [2.24, 2.45) is 0 Å². The first-order valence-corrected chi connectivity index (χ1v) is 11.2. The van der Waals surface area contributed by atoms with E-state index in [-0.39, 0.29) is 5.41 Å². The Morgan fingerprint density at radius 3 is 1.23 bits per heavy atom. The molecule has 0 radical (unpaired) electrons. The van der Waals surface area contributed by atoms with Crippen molar-refractivity contribution in [3.63, 3.8) is 0 Å². The third kappa shape index (κ3) is 2.82. The second-order valence-corrected chi connectivity index (χ2v) is 9.45. The topological polar surface area (TPSA) is 0 Å².